The van der Waals surface area contributed by atoms with Crippen LogP contribution in [0, 0.1) is 5.82 Å². The summed E-state index contributed by atoms with van der Waals surface area (Å²) >= 11 is 0. The maximum absolute atomic E-state index is 12.4. The molecule has 0 nitrogen and oxygen atoms in total. The van der Waals surface area contributed by atoms with Crippen LogP contribution in [0.2, 0.25) is 0 Å². The van der Waals surface area contributed by atoms with Gasteiger partial charge in [-0.2, -0.15) is 13.2 Å². The Bertz CT molecular complexity index is 256. The van der Waals surface area contributed by atoms with E-state index < -0.39 is 17.6 Å². The fraction of sp³-hybridized carbons (Fsp3) is 0.143. The average Bonchev–Trinajstić information content (AvgIpc) is 1.86. The molecule has 0 saturated heterocycles. The van der Waals surface area contributed by atoms with E-state index in [2.05, 4.69) is 0 Å². The second-order valence-corrected chi connectivity index (χ2v) is 1.98. The fourth-order valence-electron chi connectivity index (χ4n) is 0.691. The van der Waals surface area contributed by atoms with E-state index in [1.807, 2.05) is 0 Å². The zero-order chi connectivity index (χ0) is 8.48. The van der Waals surface area contributed by atoms with Gasteiger partial charge in [0.1, 0.15) is 5.82 Å². The zero-order valence-corrected chi connectivity index (χ0v) is 7.11. The van der Waals surface area contributed by atoms with Gasteiger partial charge in [-0.3, -0.25) is 0 Å². The molecule has 1 aromatic carbocycles. The van der Waals surface area contributed by atoms with Crippen LogP contribution in [0.25, 0.3) is 0 Å². The molecule has 0 amide bonds. The normalized spacial score (nSPS) is 10.7. The Labute approximate surface area is 82.1 Å². The molecule has 1 rings (SSSR count). The minimum absolute atomic E-state index is 0. The van der Waals surface area contributed by atoms with Crippen LogP contribution >= 0.6 is 0 Å². The maximum Gasteiger partial charge on any atom is 0.419 e. The van der Waals surface area contributed by atoms with Crippen molar-refractivity contribution in [2.45, 2.75) is 6.18 Å². The maximum atomic E-state index is 12.4. The molecule has 0 aliphatic carbocycles. The standard InChI is InChI=1S/C7H4F4.Ag/c8-6-4-2-1-3-5(6)7(9,10)11;/h1-4H;. The molecule has 0 unspecified atom stereocenters. The third-order valence-corrected chi connectivity index (χ3v) is 1.18. The third-order valence-electron chi connectivity index (χ3n) is 1.18. The summed E-state index contributed by atoms with van der Waals surface area (Å²) in [5, 5.41) is 0. The number of halogens is 4. The molecule has 0 N–H and O–H groups in total. The van der Waals surface area contributed by atoms with Gasteiger partial charge in [0, 0.05) is 22.4 Å². The largest absolute Gasteiger partial charge is 0.419 e. The van der Waals surface area contributed by atoms with Gasteiger partial charge in [0.25, 0.3) is 0 Å². The summed E-state index contributed by atoms with van der Waals surface area (Å²) < 4.78 is 47.8. The Balaban J connectivity index is 0.00000121. The summed E-state index contributed by atoms with van der Waals surface area (Å²) in [6.07, 6.45) is -4.59. The van der Waals surface area contributed by atoms with E-state index in [0.717, 1.165) is 12.1 Å². The van der Waals surface area contributed by atoms with Gasteiger partial charge in [-0.25, -0.2) is 4.39 Å². The minimum atomic E-state index is -4.59. The first-order chi connectivity index (χ1) is 5.02. The molecule has 0 heterocycles. The SMILES string of the molecule is Fc1ccccc1C(F)(F)F.[Ag]. The van der Waals surface area contributed by atoms with E-state index in [1.54, 1.807) is 0 Å². The average molecular weight is 272 g/mol. The van der Waals surface area contributed by atoms with Crippen molar-refractivity contribution in [2.24, 2.45) is 0 Å². The summed E-state index contributed by atoms with van der Waals surface area (Å²) in [4.78, 5) is 0. The van der Waals surface area contributed by atoms with Crippen LogP contribution in [0.4, 0.5) is 17.6 Å². The van der Waals surface area contributed by atoms with Crippen molar-refractivity contribution in [3.05, 3.63) is 35.6 Å². The molecule has 12 heavy (non-hydrogen) atoms. The molecule has 0 aliphatic rings. The molecule has 0 atom stereocenters. The van der Waals surface area contributed by atoms with Crippen LogP contribution < -0.4 is 0 Å². The summed E-state index contributed by atoms with van der Waals surface area (Å²) in [6, 6.07) is 3.84. The topological polar surface area (TPSA) is 0 Å². The predicted molar refractivity (Wildman–Crippen MR) is 31.4 cm³/mol. The molecule has 1 aromatic rings. The summed E-state index contributed by atoms with van der Waals surface area (Å²) in [6.45, 7) is 0. The van der Waals surface area contributed by atoms with E-state index >= 15 is 0 Å². The zero-order valence-electron chi connectivity index (χ0n) is 5.62. The van der Waals surface area contributed by atoms with Gasteiger partial charge in [0.2, 0.25) is 0 Å². The minimum Gasteiger partial charge on any atom is -0.206 e. The fourth-order valence-corrected chi connectivity index (χ4v) is 0.691. The van der Waals surface area contributed by atoms with Gasteiger partial charge in [0.15, 0.2) is 0 Å². The van der Waals surface area contributed by atoms with Crippen LogP contribution in [0.1, 0.15) is 5.56 Å². The summed E-state index contributed by atoms with van der Waals surface area (Å²) in [7, 11) is 0. The molecule has 1 radical (unpaired) electrons. The Morgan fingerprint density at radius 2 is 1.50 bits per heavy atom. The first kappa shape index (κ1) is 11.7. The van der Waals surface area contributed by atoms with Gasteiger partial charge in [-0.05, 0) is 12.1 Å². The molecule has 0 bridgehead atoms. The van der Waals surface area contributed by atoms with Crippen molar-refractivity contribution in [2.75, 3.05) is 0 Å². The molecular formula is C7H4AgF4. The summed E-state index contributed by atoms with van der Waals surface area (Å²) in [5.41, 5.74) is -1.22. The van der Waals surface area contributed by atoms with E-state index in [1.165, 1.54) is 6.07 Å². The predicted octanol–water partition coefficient (Wildman–Crippen LogP) is 2.84. The van der Waals surface area contributed by atoms with Crippen molar-refractivity contribution in [1.29, 1.82) is 0 Å². The first-order valence-electron chi connectivity index (χ1n) is 2.83. The number of rotatable bonds is 0. The Hall–Kier alpha value is -0.320. The number of alkyl halides is 3. The quantitative estimate of drug-likeness (QED) is 0.503. The molecule has 71 valence electrons. The Morgan fingerprint density at radius 1 is 1.00 bits per heavy atom. The van der Waals surface area contributed by atoms with Crippen LogP contribution in [0.5, 0.6) is 0 Å². The molecule has 0 aromatic heterocycles. The van der Waals surface area contributed by atoms with E-state index in [-0.39, 0.29) is 22.4 Å². The molecular weight excluding hydrogens is 268 g/mol. The van der Waals surface area contributed by atoms with E-state index in [9.17, 15) is 17.6 Å². The van der Waals surface area contributed by atoms with E-state index in [0.29, 0.717) is 6.07 Å². The first-order valence-corrected chi connectivity index (χ1v) is 2.83. The van der Waals surface area contributed by atoms with Crippen molar-refractivity contribution < 1.29 is 39.9 Å². The van der Waals surface area contributed by atoms with Gasteiger partial charge in [-0.15, -0.1) is 0 Å². The Kier molecular flexibility index (Phi) is 3.96. The molecule has 0 fully saturated rings. The van der Waals surface area contributed by atoms with Crippen molar-refractivity contribution >= 4 is 0 Å². The number of benzene rings is 1. The second kappa shape index (κ2) is 4.07. The summed E-state index contributed by atoms with van der Waals surface area (Å²) in [5.74, 6) is -1.24. The molecule has 0 aliphatic heterocycles. The molecule has 0 spiro atoms. The number of hydrogen-bond acceptors (Lipinski definition) is 0. The number of hydrogen-bond donors (Lipinski definition) is 0. The van der Waals surface area contributed by atoms with Crippen LogP contribution in [0.15, 0.2) is 24.3 Å². The van der Waals surface area contributed by atoms with Gasteiger partial charge in [-0.1, -0.05) is 12.1 Å². The van der Waals surface area contributed by atoms with E-state index in [4.69, 9.17) is 0 Å². The Morgan fingerprint density at radius 3 is 1.83 bits per heavy atom. The monoisotopic (exact) mass is 271 g/mol. The third kappa shape index (κ3) is 2.62. The van der Waals surface area contributed by atoms with Gasteiger partial charge < -0.3 is 0 Å². The van der Waals surface area contributed by atoms with Gasteiger partial charge in [0.05, 0.1) is 5.56 Å². The second-order valence-electron chi connectivity index (χ2n) is 1.98. The van der Waals surface area contributed by atoms with Gasteiger partial charge >= 0.3 is 6.18 Å². The van der Waals surface area contributed by atoms with Crippen LogP contribution in [0.3, 0.4) is 0 Å². The van der Waals surface area contributed by atoms with Crippen LogP contribution in [-0.4, -0.2) is 0 Å². The molecule has 5 heteroatoms. The van der Waals surface area contributed by atoms with Crippen molar-refractivity contribution in [1.82, 2.24) is 0 Å². The van der Waals surface area contributed by atoms with Crippen molar-refractivity contribution in [3.8, 4) is 0 Å². The van der Waals surface area contributed by atoms with Crippen molar-refractivity contribution in [3.63, 3.8) is 0 Å². The van der Waals surface area contributed by atoms with Crippen LogP contribution in [-0.2, 0) is 28.6 Å². The molecule has 0 saturated carbocycles. The smallest absolute Gasteiger partial charge is 0.206 e.